The van der Waals surface area contributed by atoms with E-state index in [4.69, 9.17) is 0 Å². The van der Waals surface area contributed by atoms with E-state index >= 15 is 0 Å². The van der Waals surface area contributed by atoms with E-state index in [0.717, 1.165) is 33.5 Å². The van der Waals surface area contributed by atoms with Crippen molar-refractivity contribution in [2.24, 2.45) is 0 Å². The van der Waals surface area contributed by atoms with E-state index < -0.39 is 0 Å². The first-order chi connectivity index (χ1) is 11.4. The Morgan fingerprint density at radius 3 is 2.30 bits per heavy atom. The van der Waals surface area contributed by atoms with E-state index in [2.05, 4.69) is 31.8 Å². The van der Waals surface area contributed by atoms with Gasteiger partial charge in [0.05, 0.1) is 16.6 Å². The number of H-pyrrole nitrogens is 1. The minimum atomic E-state index is 0.800. The Balaban J connectivity index is 1.62. The average Bonchev–Trinajstić information content (AvgIpc) is 3.05. The van der Waals surface area contributed by atoms with Crippen molar-refractivity contribution in [3.05, 3.63) is 78.4 Å². The first-order valence-corrected chi connectivity index (χ1v) is 7.21. The summed E-state index contributed by atoms with van der Waals surface area (Å²) in [5.41, 5.74) is 4.78. The van der Waals surface area contributed by atoms with Crippen LogP contribution in [-0.2, 0) is 0 Å². The van der Waals surface area contributed by atoms with Crippen LogP contribution in [0.3, 0.4) is 0 Å². The number of aromatic nitrogens is 4. The summed E-state index contributed by atoms with van der Waals surface area (Å²) in [6.45, 7) is 0. The summed E-state index contributed by atoms with van der Waals surface area (Å²) in [4.78, 5) is 15.8. The highest BCUT2D eigenvalue weighted by atomic mass is 14.9. The molecule has 0 spiro atoms. The van der Waals surface area contributed by atoms with Crippen LogP contribution in [0.25, 0.3) is 22.4 Å². The van der Waals surface area contributed by atoms with Crippen molar-refractivity contribution >= 4 is 11.0 Å². The molecule has 1 N–H and O–H groups in total. The SMILES string of the molecule is C(#Cc1cncnc1)c1ccc(-c2nc3ccccc3[nH]2)cc1. The van der Waals surface area contributed by atoms with Gasteiger partial charge in [0.1, 0.15) is 12.2 Å². The summed E-state index contributed by atoms with van der Waals surface area (Å²) < 4.78 is 0. The Bertz CT molecular complexity index is 973. The zero-order chi connectivity index (χ0) is 15.5. The predicted octanol–water partition coefficient (Wildman–Crippen LogP) is 3.42. The standard InChI is InChI=1S/C19H12N4/c1-2-4-18-17(3-1)22-19(23-18)16-9-7-14(8-10-16)5-6-15-11-20-13-21-12-15/h1-4,7-13H,(H,22,23). The molecule has 0 aliphatic heterocycles. The van der Waals surface area contributed by atoms with Crippen molar-refractivity contribution < 1.29 is 0 Å². The molecule has 0 atom stereocenters. The molecule has 2 aromatic heterocycles. The molecule has 4 rings (SSSR count). The minimum Gasteiger partial charge on any atom is -0.338 e. The number of para-hydroxylation sites is 2. The van der Waals surface area contributed by atoms with E-state index in [0.29, 0.717) is 0 Å². The van der Waals surface area contributed by atoms with E-state index in [-0.39, 0.29) is 0 Å². The molecule has 4 nitrogen and oxygen atoms in total. The molecule has 0 fully saturated rings. The number of fused-ring (bicyclic) bond motifs is 1. The van der Waals surface area contributed by atoms with Crippen LogP contribution in [0.15, 0.2) is 67.3 Å². The number of aromatic amines is 1. The van der Waals surface area contributed by atoms with Crippen molar-refractivity contribution in [1.29, 1.82) is 0 Å². The normalized spacial score (nSPS) is 10.3. The van der Waals surface area contributed by atoms with Crippen LogP contribution in [0.5, 0.6) is 0 Å². The predicted molar refractivity (Wildman–Crippen MR) is 89.5 cm³/mol. The highest BCUT2D eigenvalue weighted by Crippen LogP contribution is 2.20. The maximum absolute atomic E-state index is 4.60. The third-order valence-electron chi connectivity index (χ3n) is 3.46. The van der Waals surface area contributed by atoms with Crippen LogP contribution in [0.2, 0.25) is 0 Å². The molecule has 0 aliphatic rings. The molecule has 0 saturated heterocycles. The van der Waals surface area contributed by atoms with Crippen LogP contribution < -0.4 is 0 Å². The van der Waals surface area contributed by atoms with Gasteiger partial charge in [0.2, 0.25) is 0 Å². The van der Waals surface area contributed by atoms with Gasteiger partial charge in [0.15, 0.2) is 0 Å². The van der Waals surface area contributed by atoms with E-state index in [1.54, 1.807) is 12.4 Å². The quantitative estimate of drug-likeness (QED) is 0.548. The number of nitrogens with zero attached hydrogens (tertiary/aromatic N) is 3. The molecule has 2 heterocycles. The first kappa shape index (κ1) is 13.2. The van der Waals surface area contributed by atoms with Gasteiger partial charge >= 0.3 is 0 Å². The fraction of sp³-hybridized carbons (Fsp3) is 0. The van der Waals surface area contributed by atoms with Crippen molar-refractivity contribution in [2.75, 3.05) is 0 Å². The van der Waals surface area contributed by atoms with Crippen LogP contribution in [0.1, 0.15) is 11.1 Å². The lowest BCUT2D eigenvalue weighted by molar-refractivity contribution is 1.16. The van der Waals surface area contributed by atoms with Crippen LogP contribution in [-0.4, -0.2) is 19.9 Å². The molecule has 23 heavy (non-hydrogen) atoms. The number of rotatable bonds is 1. The topological polar surface area (TPSA) is 54.5 Å². The summed E-state index contributed by atoms with van der Waals surface area (Å²) in [5.74, 6) is 7.01. The van der Waals surface area contributed by atoms with Gasteiger partial charge in [-0.1, -0.05) is 36.1 Å². The lowest BCUT2D eigenvalue weighted by atomic mass is 10.1. The van der Waals surface area contributed by atoms with Crippen molar-refractivity contribution in [3.8, 4) is 23.2 Å². The highest BCUT2D eigenvalue weighted by Gasteiger charge is 2.04. The average molecular weight is 296 g/mol. The molecule has 0 radical (unpaired) electrons. The molecular weight excluding hydrogens is 284 g/mol. The number of hydrogen-bond donors (Lipinski definition) is 1. The largest absolute Gasteiger partial charge is 0.338 e. The maximum atomic E-state index is 4.60. The summed E-state index contributed by atoms with van der Waals surface area (Å²) in [5, 5.41) is 0. The molecule has 0 bridgehead atoms. The second kappa shape index (κ2) is 5.74. The summed E-state index contributed by atoms with van der Waals surface area (Å²) in [6.07, 6.45) is 4.89. The Morgan fingerprint density at radius 1 is 0.783 bits per heavy atom. The number of imidazole rings is 1. The lowest BCUT2D eigenvalue weighted by Gasteiger charge is -1.96. The lowest BCUT2D eigenvalue weighted by Crippen LogP contribution is -1.82. The zero-order valence-corrected chi connectivity index (χ0v) is 12.2. The Labute approximate surface area is 133 Å². The molecule has 4 heteroatoms. The van der Waals surface area contributed by atoms with Gasteiger partial charge in [-0.2, -0.15) is 0 Å². The van der Waals surface area contributed by atoms with Gasteiger partial charge in [-0.3, -0.25) is 0 Å². The fourth-order valence-electron chi connectivity index (χ4n) is 2.31. The number of nitrogens with one attached hydrogen (secondary N) is 1. The molecule has 0 amide bonds. The van der Waals surface area contributed by atoms with Crippen molar-refractivity contribution in [1.82, 2.24) is 19.9 Å². The summed E-state index contributed by atoms with van der Waals surface area (Å²) in [7, 11) is 0. The van der Waals surface area contributed by atoms with E-state index in [1.807, 2.05) is 48.5 Å². The Morgan fingerprint density at radius 2 is 1.52 bits per heavy atom. The van der Waals surface area contributed by atoms with Gasteiger partial charge in [0, 0.05) is 23.5 Å². The molecule has 108 valence electrons. The third-order valence-corrected chi connectivity index (χ3v) is 3.46. The van der Waals surface area contributed by atoms with Crippen LogP contribution >= 0.6 is 0 Å². The van der Waals surface area contributed by atoms with Crippen molar-refractivity contribution in [2.45, 2.75) is 0 Å². The van der Waals surface area contributed by atoms with E-state index in [9.17, 15) is 0 Å². The smallest absolute Gasteiger partial charge is 0.138 e. The number of hydrogen-bond acceptors (Lipinski definition) is 3. The second-order valence-corrected chi connectivity index (χ2v) is 5.06. The molecule has 4 aromatic rings. The van der Waals surface area contributed by atoms with Crippen molar-refractivity contribution in [3.63, 3.8) is 0 Å². The molecule has 0 unspecified atom stereocenters. The Hall–Kier alpha value is -3.45. The molecule has 2 aromatic carbocycles. The molecule has 0 aliphatic carbocycles. The maximum Gasteiger partial charge on any atom is 0.138 e. The van der Waals surface area contributed by atoms with Gasteiger partial charge in [-0.25, -0.2) is 15.0 Å². The number of benzene rings is 2. The fourth-order valence-corrected chi connectivity index (χ4v) is 2.31. The second-order valence-electron chi connectivity index (χ2n) is 5.06. The Kier molecular flexibility index (Phi) is 3.30. The molecular formula is C19H12N4. The highest BCUT2D eigenvalue weighted by molar-refractivity contribution is 5.79. The summed E-state index contributed by atoms with van der Waals surface area (Å²) in [6, 6.07) is 16.0. The summed E-state index contributed by atoms with van der Waals surface area (Å²) >= 11 is 0. The van der Waals surface area contributed by atoms with Gasteiger partial charge < -0.3 is 4.98 Å². The third kappa shape index (κ3) is 2.81. The van der Waals surface area contributed by atoms with Gasteiger partial charge in [0.25, 0.3) is 0 Å². The first-order valence-electron chi connectivity index (χ1n) is 7.21. The van der Waals surface area contributed by atoms with Gasteiger partial charge in [-0.15, -0.1) is 0 Å². The van der Waals surface area contributed by atoms with E-state index in [1.165, 1.54) is 6.33 Å². The van der Waals surface area contributed by atoms with Crippen LogP contribution in [0.4, 0.5) is 0 Å². The van der Waals surface area contributed by atoms with Crippen LogP contribution in [0, 0.1) is 11.8 Å². The molecule has 0 saturated carbocycles. The minimum absolute atomic E-state index is 0.800. The monoisotopic (exact) mass is 296 g/mol. The zero-order valence-electron chi connectivity index (χ0n) is 12.2. The van der Waals surface area contributed by atoms with Gasteiger partial charge in [-0.05, 0) is 24.3 Å².